The number of aromatic nitrogens is 4. The first-order valence-corrected chi connectivity index (χ1v) is 5.86. The molecule has 5 nitrogen and oxygen atoms in total. The average molecular weight is 249 g/mol. The van der Waals surface area contributed by atoms with Crippen LogP contribution in [0, 0.1) is 11.3 Å². The Hall–Kier alpha value is -2.74. The maximum Gasteiger partial charge on any atom is 0.115 e. The van der Waals surface area contributed by atoms with Gasteiger partial charge in [0.15, 0.2) is 0 Å². The van der Waals surface area contributed by atoms with E-state index < -0.39 is 5.92 Å². The standard InChI is InChI=1S/C14H11N5/c1-19-9-18-12-6-10(2-3-14(12)19)11(7-15)13-8-16-4-5-17-13/h2-6,8-9,11H,1H3. The molecule has 0 amide bonds. The van der Waals surface area contributed by atoms with Gasteiger partial charge in [-0.05, 0) is 17.7 Å². The highest BCUT2D eigenvalue weighted by molar-refractivity contribution is 5.76. The van der Waals surface area contributed by atoms with Crippen molar-refractivity contribution < 1.29 is 0 Å². The highest BCUT2D eigenvalue weighted by Gasteiger charge is 2.16. The molecule has 0 saturated carbocycles. The van der Waals surface area contributed by atoms with Crippen molar-refractivity contribution in [2.45, 2.75) is 5.92 Å². The predicted octanol–water partition coefficient (Wildman–Crippen LogP) is 2.02. The average Bonchev–Trinajstić information content (AvgIpc) is 2.82. The van der Waals surface area contributed by atoms with Gasteiger partial charge < -0.3 is 4.57 Å². The van der Waals surface area contributed by atoms with Gasteiger partial charge in [-0.25, -0.2) is 4.98 Å². The van der Waals surface area contributed by atoms with Crippen LogP contribution in [0.25, 0.3) is 11.0 Å². The third-order valence-electron chi connectivity index (χ3n) is 3.09. The van der Waals surface area contributed by atoms with Gasteiger partial charge in [-0.3, -0.25) is 9.97 Å². The van der Waals surface area contributed by atoms with Crippen molar-refractivity contribution in [2.24, 2.45) is 7.05 Å². The van der Waals surface area contributed by atoms with E-state index in [2.05, 4.69) is 21.0 Å². The number of aryl methyl sites for hydroxylation is 1. The molecule has 0 fully saturated rings. The van der Waals surface area contributed by atoms with Gasteiger partial charge in [0.25, 0.3) is 0 Å². The molecule has 19 heavy (non-hydrogen) atoms. The van der Waals surface area contributed by atoms with Crippen molar-refractivity contribution in [2.75, 3.05) is 0 Å². The van der Waals surface area contributed by atoms with Crippen molar-refractivity contribution in [3.8, 4) is 6.07 Å². The molecule has 0 saturated heterocycles. The fourth-order valence-electron chi connectivity index (χ4n) is 2.10. The van der Waals surface area contributed by atoms with Crippen LogP contribution in [0.15, 0.2) is 43.1 Å². The van der Waals surface area contributed by atoms with E-state index in [4.69, 9.17) is 0 Å². The number of fused-ring (bicyclic) bond motifs is 1. The fraction of sp³-hybridized carbons (Fsp3) is 0.143. The third kappa shape index (κ3) is 1.93. The van der Waals surface area contributed by atoms with Gasteiger partial charge >= 0.3 is 0 Å². The normalized spacial score (nSPS) is 12.2. The second-order valence-corrected chi connectivity index (χ2v) is 4.30. The van der Waals surface area contributed by atoms with Crippen LogP contribution < -0.4 is 0 Å². The van der Waals surface area contributed by atoms with Crippen LogP contribution in [-0.2, 0) is 7.05 Å². The second-order valence-electron chi connectivity index (χ2n) is 4.30. The number of nitrogens with zero attached hydrogens (tertiary/aromatic N) is 5. The molecule has 1 atom stereocenters. The smallest absolute Gasteiger partial charge is 0.115 e. The summed E-state index contributed by atoms with van der Waals surface area (Å²) < 4.78 is 1.95. The molecule has 0 aliphatic carbocycles. The quantitative estimate of drug-likeness (QED) is 0.696. The summed E-state index contributed by atoms with van der Waals surface area (Å²) in [4.78, 5) is 12.5. The van der Waals surface area contributed by atoms with Gasteiger partial charge in [-0.2, -0.15) is 5.26 Å². The number of hydrogen-bond acceptors (Lipinski definition) is 4. The molecule has 3 rings (SSSR count). The summed E-state index contributed by atoms with van der Waals surface area (Å²) in [5.41, 5.74) is 3.46. The summed E-state index contributed by atoms with van der Waals surface area (Å²) in [6.45, 7) is 0. The van der Waals surface area contributed by atoms with Gasteiger partial charge in [0.1, 0.15) is 5.92 Å². The molecule has 0 aliphatic rings. The minimum Gasteiger partial charge on any atom is -0.334 e. The maximum absolute atomic E-state index is 9.37. The van der Waals surface area contributed by atoms with Crippen LogP contribution in [0.5, 0.6) is 0 Å². The number of hydrogen-bond donors (Lipinski definition) is 0. The van der Waals surface area contributed by atoms with Crippen molar-refractivity contribution >= 4 is 11.0 Å². The van der Waals surface area contributed by atoms with Crippen molar-refractivity contribution in [1.29, 1.82) is 5.26 Å². The van der Waals surface area contributed by atoms with Gasteiger partial charge in [-0.15, -0.1) is 0 Å². The Labute approximate surface area is 110 Å². The van der Waals surface area contributed by atoms with Crippen molar-refractivity contribution in [3.63, 3.8) is 0 Å². The van der Waals surface area contributed by atoms with E-state index in [1.165, 1.54) is 0 Å². The Bertz CT molecular complexity index is 754. The van der Waals surface area contributed by atoms with Gasteiger partial charge in [-0.1, -0.05) is 6.07 Å². The van der Waals surface area contributed by atoms with E-state index in [-0.39, 0.29) is 0 Å². The minimum absolute atomic E-state index is 0.417. The molecular formula is C14H11N5. The first kappa shape index (κ1) is 11.4. The summed E-state index contributed by atoms with van der Waals surface area (Å²) in [6, 6.07) is 8.11. The van der Waals surface area contributed by atoms with E-state index in [0.29, 0.717) is 5.69 Å². The van der Waals surface area contributed by atoms with Crippen LogP contribution in [-0.4, -0.2) is 19.5 Å². The monoisotopic (exact) mass is 249 g/mol. The Morgan fingerprint density at radius 1 is 1.26 bits per heavy atom. The highest BCUT2D eigenvalue weighted by atomic mass is 15.0. The molecule has 0 aliphatic heterocycles. The maximum atomic E-state index is 9.37. The molecule has 5 heteroatoms. The number of benzene rings is 1. The second kappa shape index (κ2) is 4.50. The molecule has 2 aromatic heterocycles. The molecule has 0 bridgehead atoms. The van der Waals surface area contributed by atoms with Crippen LogP contribution in [0.3, 0.4) is 0 Å². The Morgan fingerprint density at radius 3 is 2.89 bits per heavy atom. The molecule has 1 aromatic carbocycles. The number of imidazole rings is 1. The molecule has 0 N–H and O–H groups in total. The topological polar surface area (TPSA) is 67.4 Å². The molecule has 3 aromatic rings. The van der Waals surface area contributed by atoms with E-state index >= 15 is 0 Å². The van der Waals surface area contributed by atoms with Crippen molar-refractivity contribution in [1.82, 2.24) is 19.5 Å². The molecule has 92 valence electrons. The number of nitriles is 1. The first-order valence-electron chi connectivity index (χ1n) is 5.86. The van der Waals surface area contributed by atoms with E-state index in [0.717, 1.165) is 16.6 Å². The molecule has 2 heterocycles. The zero-order chi connectivity index (χ0) is 13.2. The van der Waals surface area contributed by atoms with E-state index in [9.17, 15) is 5.26 Å². The van der Waals surface area contributed by atoms with Gasteiger partial charge in [0.2, 0.25) is 0 Å². The summed E-state index contributed by atoms with van der Waals surface area (Å²) in [6.07, 6.45) is 6.58. The number of rotatable bonds is 2. The summed E-state index contributed by atoms with van der Waals surface area (Å²) in [5, 5.41) is 9.37. The fourth-order valence-corrected chi connectivity index (χ4v) is 2.10. The summed E-state index contributed by atoms with van der Waals surface area (Å²) in [5.74, 6) is -0.417. The lowest BCUT2D eigenvalue weighted by Gasteiger charge is -2.08. The molecule has 1 unspecified atom stereocenters. The summed E-state index contributed by atoms with van der Waals surface area (Å²) in [7, 11) is 1.94. The van der Waals surface area contributed by atoms with Crippen molar-refractivity contribution in [3.05, 3.63) is 54.4 Å². The first-order chi connectivity index (χ1) is 9.29. The molecule has 0 spiro atoms. The lowest BCUT2D eigenvalue weighted by molar-refractivity contribution is 0.940. The van der Waals surface area contributed by atoms with Crippen LogP contribution in [0.4, 0.5) is 0 Å². The zero-order valence-electron chi connectivity index (χ0n) is 10.4. The molecule has 0 radical (unpaired) electrons. The predicted molar refractivity (Wildman–Crippen MR) is 70.2 cm³/mol. The van der Waals surface area contributed by atoms with E-state index in [1.807, 2.05) is 29.8 Å². The Morgan fingerprint density at radius 2 is 2.16 bits per heavy atom. The lowest BCUT2D eigenvalue weighted by atomic mass is 9.97. The highest BCUT2D eigenvalue weighted by Crippen LogP contribution is 2.24. The van der Waals surface area contributed by atoms with Crippen LogP contribution in [0.2, 0.25) is 0 Å². The summed E-state index contributed by atoms with van der Waals surface area (Å²) >= 11 is 0. The lowest BCUT2D eigenvalue weighted by Crippen LogP contribution is -2.01. The van der Waals surface area contributed by atoms with E-state index in [1.54, 1.807) is 24.9 Å². The van der Waals surface area contributed by atoms with Crippen LogP contribution >= 0.6 is 0 Å². The van der Waals surface area contributed by atoms with Crippen LogP contribution in [0.1, 0.15) is 17.2 Å². The molecular weight excluding hydrogens is 238 g/mol. The Kier molecular flexibility index (Phi) is 2.69. The largest absolute Gasteiger partial charge is 0.334 e. The minimum atomic E-state index is -0.417. The SMILES string of the molecule is Cn1cnc2cc(C(C#N)c3cnccn3)ccc21. The third-order valence-corrected chi connectivity index (χ3v) is 3.09. The van der Waals surface area contributed by atoms with Gasteiger partial charge in [0, 0.05) is 19.4 Å². The Balaban J connectivity index is 2.10. The van der Waals surface area contributed by atoms with Gasteiger partial charge in [0.05, 0.1) is 35.3 Å². The zero-order valence-corrected chi connectivity index (χ0v) is 10.4.